The molecule has 1 aliphatic carbocycles. The predicted octanol–water partition coefficient (Wildman–Crippen LogP) is 2.04. The largest absolute Gasteiger partial charge is 0.379 e. The van der Waals surface area contributed by atoms with Crippen LogP contribution in [-0.2, 0) is 11.3 Å². The fourth-order valence-electron chi connectivity index (χ4n) is 5.82. The number of aromatic amines is 1. The van der Waals surface area contributed by atoms with E-state index in [1.807, 2.05) is 0 Å². The Labute approximate surface area is 194 Å². The van der Waals surface area contributed by atoms with Crippen molar-refractivity contribution in [3.05, 3.63) is 22.3 Å². The molecule has 3 fully saturated rings. The van der Waals surface area contributed by atoms with Crippen LogP contribution in [0, 0.1) is 5.92 Å². The summed E-state index contributed by atoms with van der Waals surface area (Å²) < 4.78 is 5.50. The minimum absolute atomic E-state index is 0.520. The Bertz CT molecular complexity index is 853. The van der Waals surface area contributed by atoms with Gasteiger partial charge in [-0.25, -0.2) is 0 Å². The van der Waals surface area contributed by atoms with Gasteiger partial charge in [-0.05, 0) is 59.2 Å². The second kappa shape index (κ2) is 11.1. The zero-order valence-corrected chi connectivity index (χ0v) is 20.5. The first-order valence-electron chi connectivity index (χ1n) is 12.7. The molecule has 0 radical (unpaired) electrons. The molecule has 1 aromatic rings. The fraction of sp³-hybridized carbons (Fsp3) is 0.731. The van der Waals surface area contributed by atoms with E-state index >= 15 is 0 Å². The van der Waals surface area contributed by atoms with Gasteiger partial charge in [0, 0.05) is 80.1 Å². The first kappa shape index (κ1) is 23.7. The minimum atomic E-state index is 0.520. The summed E-state index contributed by atoms with van der Waals surface area (Å²) in [6.07, 6.45) is 7.18. The number of ether oxygens (including phenoxy) is 1. The van der Waals surface area contributed by atoms with E-state index in [4.69, 9.17) is 4.74 Å². The zero-order chi connectivity index (χ0) is 22.5. The summed E-state index contributed by atoms with van der Waals surface area (Å²) in [5.74, 6) is 0.520. The molecule has 0 bridgehead atoms. The molecule has 0 atom stereocenters. The quantitative estimate of drug-likeness (QED) is 0.687. The lowest BCUT2D eigenvalue weighted by Gasteiger charge is -2.43. The summed E-state index contributed by atoms with van der Waals surface area (Å²) in [5.41, 5.74) is 2.47. The van der Waals surface area contributed by atoms with Gasteiger partial charge in [0.25, 0.3) is 0 Å². The molecule has 3 heterocycles. The Hall–Kier alpha value is -1.47. The second-order valence-electron chi connectivity index (χ2n) is 10.0. The molecule has 2 aliphatic heterocycles. The van der Waals surface area contributed by atoms with Crippen molar-refractivity contribution in [1.82, 2.24) is 19.7 Å². The normalized spacial score (nSPS) is 28.3. The van der Waals surface area contributed by atoms with E-state index in [1.165, 1.54) is 73.8 Å². The number of hydrogen-bond acceptors (Lipinski definition) is 5. The second-order valence-corrected chi connectivity index (χ2v) is 10.0. The first-order valence-corrected chi connectivity index (χ1v) is 12.7. The summed E-state index contributed by atoms with van der Waals surface area (Å²) in [6.45, 7) is 20.2. The van der Waals surface area contributed by atoms with Gasteiger partial charge in [0.1, 0.15) is 0 Å². The predicted molar refractivity (Wildman–Crippen MR) is 133 cm³/mol. The number of morpholine rings is 1. The van der Waals surface area contributed by atoms with Gasteiger partial charge >= 0.3 is 0 Å². The van der Waals surface area contributed by atoms with Crippen molar-refractivity contribution in [1.29, 1.82) is 0 Å². The van der Waals surface area contributed by atoms with Crippen molar-refractivity contribution in [2.45, 2.75) is 65.1 Å². The number of aromatic nitrogens is 1. The number of piperazine rings is 1. The number of rotatable bonds is 6. The number of H-pyrrole nitrogens is 1. The van der Waals surface area contributed by atoms with Gasteiger partial charge in [-0.2, -0.15) is 0 Å². The SMILES string of the molecule is C=N/C(=c1/cc(CN2CCOCC2)[nH]/c1=C/C)C1CCC(N2CCN(C(C)C)CC2)CC1. The summed E-state index contributed by atoms with van der Waals surface area (Å²) in [4.78, 5) is 16.1. The third kappa shape index (κ3) is 5.53. The Morgan fingerprint density at radius 1 is 1.12 bits per heavy atom. The molecule has 2 saturated heterocycles. The van der Waals surface area contributed by atoms with Gasteiger partial charge in [0.05, 0.1) is 18.9 Å². The Morgan fingerprint density at radius 3 is 2.41 bits per heavy atom. The van der Waals surface area contributed by atoms with Gasteiger partial charge in [0.2, 0.25) is 0 Å². The number of aliphatic imine (C=N–C) groups is 1. The van der Waals surface area contributed by atoms with Crippen LogP contribution in [0.1, 0.15) is 52.1 Å². The Kier molecular flexibility index (Phi) is 8.22. The molecule has 0 aromatic carbocycles. The number of nitrogens with zero attached hydrogens (tertiary/aromatic N) is 4. The van der Waals surface area contributed by atoms with Crippen molar-refractivity contribution in [2.24, 2.45) is 10.9 Å². The third-order valence-electron chi connectivity index (χ3n) is 7.82. The molecule has 1 saturated carbocycles. The van der Waals surface area contributed by atoms with Crippen LogP contribution >= 0.6 is 0 Å². The van der Waals surface area contributed by atoms with E-state index in [1.54, 1.807) is 0 Å². The summed E-state index contributed by atoms with van der Waals surface area (Å²) >= 11 is 0. The van der Waals surface area contributed by atoms with Crippen LogP contribution in [0.25, 0.3) is 11.8 Å². The standard InChI is InChI=1S/C26H43N5O/c1-5-25-24(18-22(28-25)19-29-14-16-32-17-15-29)26(27-4)21-6-8-23(9-7-21)31-12-10-30(11-13-31)20(2)3/h5,18,20-21,23,28H,4,6-17,19H2,1-3H3/b25-5+,26-24-. The molecule has 178 valence electrons. The maximum absolute atomic E-state index is 5.50. The average Bonchev–Trinajstić information content (AvgIpc) is 3.23. The zero-order valence-electron chi connectivity index (χ0n) is 20.5. The van der Waals surface area contributed by atoms with Crippen LogP contribution < -0.4 is 10.6 Å². The van der Waals surface area contributed by atoms with Crippen LogP contribution in [-0.4, -0.2) is 91.0 Å². The first-order chi connectivity index (χ1) is 15.6. The molecular weight excluding hydrogens is 398 g/mol. The van der Waals surface area contributed by atoms with E-state index in [0.717, 1.165) is 38.9 Å². The van der Waals surface area contributed by atoms with E-state index < -0.39 is 0 Å². The van der Waals surface area contributed by atoms with Crippen LogP contribution in [0.5, 0.6) is 0 Å². The number of hydrogen-bond donors (Lipinski definition) is 1. The van der Waals surface area contributed by atoms with E-state index in [9.17, 15) is 0 Å². The molecule has 0 amide bonds. The van der Waals surface area contributed by atoms with Gasteiger partial charge < -0.3 is 9.72 Å². The maximum Gasteiger partial charge on any atom is 0.0594 e. The lowest BCUT2D eigenvalue weighted by molar-refractivity contribution is 0.0337. The smallest absolute Gasteiger partial charge is 0.0594 e. The van der Waals surface area contributed by atoms with Gasteiger partial charge in [-0.1, -0.05) is 6.08 Å². The lowest BCUT2D eigenvalue weighted by Crippen LogP contribution is -2.52. The molecule has 6 nitrogen and oxygen atoms in total. The molecule has 0 spiro atoms. The monoisotopic (exact) mass is 441 g/mol. The van der Waals surface area contributed by atoms with Crippen LogP contribution in [0.2, 0.25) is 0 Å². The summed E-state index contributed by atoms with van der Waals surface area (Å²) in [6, 6.07) is 3.74. The number of nitrogens with one attached hydrogen (secondary N) is 1. The lowest BCUT2D eigenvalue weighted by atomic mass is 9.82. The molecular formula is C26H43N5O. The minimum Gasteiger partial charge on any atom is -0.379 e. The van der Waals surface area contributed by atoms with E-state index in [2.05, 4.69) is 64.3 Å². The highest BCUT2D eigenvalue weighted by molar-refractivity contribution is 5.54. The van der Waals surface area contributed by atoms with Gasteiger partial charge in [0.15, 0.2) is 0 Å². The van der Waals surface area contributed by atoms with Gasteiger partial charge in [-0.3, -0.25) is 19.7 Å². The van der Waals surface area contributed by atoms with E-state index in [0.29, 0.717) is 12.0 Å². The van der Waals surface area contributed by atoms with Crippen LogP contribution in [0.4, 0.5) is 0 Å². The topological polar surface area (TPSA) is 47.1 Å². The molecule has 0 unspecified atom stereocenters. The third-order valence-corrected chi connectivity index (χ3v) is 7.82. The van der Waals surface area contributed by atoms with Gasteiger partial charge in [-0.15, -0.1) is 0 Å². The van der Waals surface area contributed by atoms with E-state index in [-0.39, 0.29) is 0 Å². The van der Waals surface area contributed by atoms with Crippen molar-refractivity contribution >= 4 is 18.5 Å². The molecule has 3 aliphatic rings. The molecule has 6 heteroatoms. The van der Waals surface area contributed by atoms with Crippen molar-refractivity contribution in [3.63, 3.8) is 0 Å². The summed E-state index contributed by atoms with van der Waals surface area (Å²) in [7, 11) is 0. The molecule has 4 rings (SSSR count). The molecule has 32 heavy (non-hydrogen) atoms. The van der Waals surface area contributed by atoms with Crippen molar-refractivity contribution in [2.75, 3.05) is 52.5 Å². The fourth-order valence-corrected chi connectivity index (χ4v) is 5.82. The summed E-state index contributed by atoms with van der Waals surface area (Å²) in [5, 5.41) is 2.46. The molecule has 1 aromatic heterocycles. The highest BCUT2D eigenvalue weighted by Gasteiger charge is 2.30. The van der Waals surface area contributed by atoms with Crippen molar-refractivity contribution in [3.8, 4) is 0 Å². The molecule has 1 N–H and O–H groups in total. The van der Waals surface area contributed by atoms with Crippen molar-refractivity contribution < 1.29 is 4.74 Å². The van der Waals surface area contributed by atoms with Crippen LogP contribution in [0.15, 0.2) is 11.1 Å². The Balaban J connectivity index is 1.42. The average molecular weight is 442 g/mol. The van der Waals surface area contributed by atoms with Crippen LogP contribution in [0.3, 0.4) is 0 Å². The highest BCUT2D eigenvalue weighted by atomic mass is 16.5. The maximum atomic E-state index is 5.50. The Morgan fingerprint density at radius 2 is 1.81 bits per heavy atom. The highest BCUT2D eigenvalue weighted by Crippen LogP contribution is 2.33.